The predicted octanol–water partition coefficient (Wildman–Crippen LogP) is 3.13. The summed E-state index contributed by atoms with van der Waals surface area (Å²) in [6.45, 7) is 8.02. The Morgan fingerprint density at radius 1 is 1.29 bits per heavy atom. The van der Waals surface area contributed by atoms with Crippen LogP contribution >= 0.6 is 0 Å². The lowest BCUT2D eigenvalue weighted by atomic mass is 10.1. The van der Waals surface area contributed by atoms with Crippen molar-refractivity contribution in [2.75, 3.05) is 19.7 Å². The maximum absolute atomic E-state index is 13.1. The van der Waals surface area contributed by atoms with Gasteiger partial charge in [0.15, 0.2) is 0 Å². The van der Waals surface area contributed by atoms with Crippen LogP contribution < -0.4 is 0 Å². The minimum Gasteiger partial charge on any atom is -0.377 e. The van der Waals surface area contributed by atoms with Crippen LogP contribution in [-0.4, -0.2) is 46.4 Å². The Kier molecular flexibility index (Phi) is 5.00. The van der Waals surface area contributed by atoms with Crippen molar-refractivity contribution in [2.45, 2.75) is 39.7 Å². The summed E-state index contributed by atoms with van der Waals surface area (Å²) in [5.74, 6) is 0.0663. The van der Waals surface area contributed by atoms with Crippen LogP contribution in [0.25, 0.3) is 5.69 Å². The summed E-state index contributed by atoms with van der Waals surface area (Å²) in [5.41, 5.74) is 3.36. The van der Waals surface area contributed by atoms with Gasteiger partial charge in [0.2, 0.25) is 0 Å². The highest BCUT2D eigenvalue weighted by Crippen LogP contribution is 2.22. The second-order valence-corrected chi connectivity index (χ2v) is 6.26. The van der Waals surface area contributed by atoms with Gasteiger partial charge in [-0.3, -0.25) is 4.79 Å². The van der Waals surface area contributed by atoms with Gasteiger partial charge in [0.05, 0.1) is 28.7 Å². The van der Waals surface area contributed by atoms with E-state index in [0.29, 0.717) is 13.2 Å². The van der Waals surface area contributed by atoms with E-state index in [1.54, 1.807) is 0 Å². The third kappa shape index (κ3) is 3.22. The zero-order valence-corrected chi connectivity index (χ0v) is 14.7. The zero-order chi connectivity index (χ0) is 17.1. The van der Waals surface area contributed by atoms with E-state index in [1.165, 1.54) is 0 Å². The highest BCUT2D eigenvalue weighted by atomic mass is 16.5. The number of para-hydroxylation sites is 1. The van der Waals surface area contributed by atoms with E-state index in [4.69, 9.17) is 4.74 Å². The van der Waals surface area contributed by atoms with Crippen LogP contribution in [0.15, 0.2) is 30.3 Å². The molecule has 0 saturated carbocycles. The molecule has 1 aliphatic heterocycles. The van der Waals surface area contributed by atoms with E-state index in [-0.39, 0.29) is 12.0 Å². The fraction of sp³-hybridized carbons (Fsp3) is 0.474. The molecule has 24 heavy (non-hydrogen) atoms. The van der Waals surface area contributed by atoms with Crippen LogP contribution in [0.2, 0.25) is 0 Å². The molecule has 1 aliphatic rings. The molecule has 3 rings (SSSR count). The lowest BCUT2D eigenvalue weighted by Crippen LogP contribution is -2.43. The Balaban J connectivity index is 1.87. The van der Waals surface area contributed by atoms with Crippen molar-refractivity contribution in [3.8, 4) is 5.69 Å². The van der Waals surface area contributed by atoms with E-state index in [0.717, 1.165) is 42.0 Å². The first kappa shape index (κ1) is 16.7. The number of aromatic nitrogens is 2. The van der Waals surface area contributed by atoms with Crippen LogP contribution in [0, 0.1) is 13.8 Å². The molecule has 1 aromatic carbocycles. The van der Waals surface area contributed by atoms with Gasteiger partial charge in [-0.15, -0.1) is 0 Å². The Bertz CT molecular complexity index is 707. The van der Waals surface area contributed by atoms with Gasteiger partial charge >= 0.3 is 0 Å². The third-order valence-corrected chi connectivity index (χ3v) is 4.57. The molecular formula is C19H25N3O2. The summed E-state index contributed by atoms with van der Waals surface area (Å²) < 4.78 is 7.57. The van der Waals surface area contributed by atoms with Crippen molar-refractivity contribution in [1.82, 2.24) is 14.7 Å². The molecule has 1 aromatic heterocycles. The summed E-state index contributed by atoms with van der Waals surface area (Å²) in [6, 6.07) is 9.93. The third-order valence-electron chi connectivity index (χ3n) is 4.57. The number of piperidine rings is 1. The number of carbonyl (C=O) groups is 1. The lowest BCUT2D eigenvalue weighted by Gasteiger charge is -2.32. The monoisotopic (exact) mass is 327 g/mol. The number of nitrogens with zero attached hydrogens (tertiary/aromatic N) is 3. The van der Waals surface area contributed by atoms with Crippen LogP contribution in [0.5, 0.6) is 0 Å². The first-order chi connectivity index (χ1) is 11.6. The number of likely N-dealkylation sites (tertiary alicyclic amines) is 1. The molecule has 5 heteroatoms. The van der Waals surface area contributed by atoms with E-state index in [1.807, 2.05) is 60.7 Å². The Labute approximate surface area is 143 Å². The number of amides is 1. The smallest absolute Gasteiger partial charge is 0.257 e. The predicted molar refractivity (Wildman–Crippen MR) is 93.6 cm³/mol. The number of hydrogen-bond donors (Lipinski definition) is 0. The summed E-state index contributed by atoms with van der Waals surface area (Å²) in [4.78, 5) is 15.0. The standard InChI is InChI=1S/C19H25N3O2/c1-4-24-17-11-8-12-21(13-17)19(23)18-14(2)20-22(15(18)3)16-9-6-5-7-10-16/h5-7,9-10,17H,4,8,11-13H2,1-3H3. The number of hydrogen-bond acceptors (Lipinski definition) is 3. The van der Waals surface area contributed by atoms with Crippen molar-refractivity contribution in [3.63, 3.8) is 0 Å². The second kappa shape index (κ2) is 7.18. The number of benzene rings is 1. The first-order valence-corrected chi connectivity index (χ1v) is 8.64. The van der Waals surface area contributed by atoms with Crippen molar-refractivity contribution >= 4 is 5.91 Å². The van der Waals surface area contributed by atoms with Gasteiger partial charge in [-0.1, -0.05) is 18.2 Å². The highest BCUT2D eigenvalue weighted by Gasteiger charge is 2.28. The summed E-state index contributed by atoms with van der Waals surface area (Å²) >= 11 is 0. The van der Waals surface area contributed by atoms with Gasteiger partial charge in [-0.2, -0.15) is 5.10 Å². The van der Waals surface area contributed by atoms with Crippen molar-refractivity contribution in [3.05, 3.63) is 47.3 Å². The van der Waals surface area contributed by atoms with Gasteiger partial charge in [0.1, 0.15) is 0 Å². The van der Waals surface area contributed by atoms with Crippen molar-refractivity contribution in [1.29, 1.82) is 0 Å². The fourth-order valence-corrected chi connectivity index (χ4v) is 3.43. The zero-order valence-electron chi connectivity index (χ0n) is 14.7. The second-order valence-electron chi connectivity index (χ2n) is 6.26. The van der Waals surface area contributed by atoms with E-state index in [2.05, 4.69) is 5.10 Å². The Morgan fingerprint density at radius 3 is 2.75 bits per heavy atom. The van der Waals surface area contributed by atoms with E-state index in [9.17, 15) is 4.79 Å². The molecule has 1 amide bonds. The number of aryl methyl sites for hydroxylation is 1. The van der Waals surface area contributed by atoms with Gasteiger partial charge in [-0.25, -0.2) is 4.68 Å². The maximum atomic E-state index is 13.1. The molecule has 0 spiro atoms. The maximum Gasteiger partial charge on any atom is 0.257 e. The van der Waals surface area contributed by atoms with Crippen LogP contribution in [0.3, 0.4) is 0 Å². The minimum absolute atomic E-state index is 0.0663. The lowest BCUT2D eigenvalue weighted by molar-refractivity contribution is 0.00718. The molecule has 0 bridgehead atoms. The summed E-state index contributed by atoms with van der Waals surface area (Å²) in [5, 5.41) is 4.59. The largest absolute Gasteiger partial charge is 0.377 e. The molecule has 0 aliphatic carbocycles. The average Bonchev–Trinajstić information content (AvgIpc) is 2.90. The molecule has 1 unspecified atom stereocenters. The first-order valence-electron chi connectivity index (χ1n) is 8.64. The van der Waals surface area contributed by atoms with Gasteiger partial charge in [0.25, 0.3) is 5.91 Å². The van der Waals surface area contributed by atoms with E-state index < -0.39 is 0 Å². The molecule has 128 valence electrons. The summed E-state index contributed by atoms with van der Waals surface area (Å²) in [7, 11) is 0. The molecule has 1 saturated heterocycles. The molecule has 2 aromatic rings. The molecular weight excluding hydrogens is 302 g/mol. The molecule has 2 heterocycles. The van der Waals surface area contributed by atoms with Crippen LogP contribution in [0.1, 0.15) is 41.5 Å². The summed E-state index contributed by atoms with van der Waals surface area (Å²) in [6.07, 6.45) is 2.16. The Hall–Kier alpha value is -2.14. The number of ether oxygens (including phenoxy) is 1. The van der Waals surface area contributed by atoms with Gasteiger partial charge < -0.3 is 9.64 Å². The highest BCUT2D eigenvalue weighted by molar-refractivity contribution is 5.96. The SMILES string of the molecule is CCOC1CCCN(C(=O)c2c(C)nn(-c3ccccc3)c2C)C1. The van der Waals surface area contributed by atoms with Crippen LogP contribution in [-0.2, 0) is 4.74 Å². The minimum atomic E-state index is 0.0663. The fourth-order valence-electron chi connectivity index (χ4n) is 3.43. The normalized spacial score (nSPS) is 18.0. The quantitative estimate of drug-likeness (QED) is 0.867. The Morgan fingerprint density at radius 2 is 2.04 bits per heavy atom. The molecule has 0 N–H and O–H groups in total. The molecule has 5 nitrogen and oxygen atoms in total. The van der Waals surface area contributed by atoms with Gasteiger partial charge in [0, 0.05) is 19.7 Å². The molecule has 0 radical (unpaired) electrons. The topological polar surface area (TPSA) is 47.4 Å². The number of rotatable bonds is 4. The van der Waals surface area contributed by atoms with Gasteiger partial charge in [-0.05, 0) is 45.7 Å². The van der Waals surface area contributed by atoms with Crippen molar-refractivity contribution < 1.29 is 9.53 Å². The molecule has 1 atom stereocenters. The van der Waals surface area contributed by atoms with E-state index >= 15 is 0 Å². The average molecular weight is 327 g/mol. The molecule has 1 fully saturated rings. The number of carbonyl (C=O) groups excluding carboxylic acids is 1. The van der Waals surface area contributed by atoms with Crippen molar-refractivity contribution in [2.24, 2.45) is 0 Å². The van der Waals surface area contributed by atoms with Crippen LogP contribution in [0.4, 0.5) is 0 Å².